The van der Waals surface area contributed by atoms with Crippen molar-refractivity contribution in [1.82, 2.24) is 15.2 Å². The summed E-state index contributed by atoms with van der Waals surface area (Å²) in [4.78, 5) is 16.2. The molecule has 2 aliphatic rings. The fourth-order valence-corrected chi connectivity index (χ4v) is 4.93. The molecule has 0 radical (unpaired) electrons. The molecule has 1 aliphatic heterocycles. The average molecular weight is 421 g/mol. The molecule has 154 valence electrons. The van der Waals surface area contributed by atoms with Crippen LogP contribution < -0.4 is 14.9 Å². The molecule has 1 aromatic carbocycles. The number of hydrogen-bond donors (Lipinski definition) is 3. The zero-order valence-electron chi connectivity index (χ0n) is 15.1. The zero-order chi connectivity index (χ0) is 20.5. The van der Waals surface area contributed by atoms with Gasteiger partial charge in [0.05, 0.1) is 23.3 Å². The van der Waals surface area contributed by atoms with Gasteiger partial charge in [-0.2, -0.15) is 4.72 Å². The van der Waals surface area contributed by atoms with E-state index in [0.29, 0.717) is 11.5 Å². The van der Waals surface area contributed by atoms with Crippen molar-refractivity contribution >= 4 is 15.9 Å². The molecule has 1 aromatic heterocycles. The van der Waals surface area contributed by atoms with E-state index in [-0.39, 0.29) is 24.5 Å². The zero-order valence-corrected chi connectivity index (χ0v) is 16.0. The number of carbonyl (C=O) groups is 1. The fourth-order valence-electron chi connectivity index (χ4n) is 3.55. The number of benzene rings is 1. The summed E-state index contributed by atoms with van der Waals surface area (Å²) in [6, 6.07) is 9.15. The molecule has 11 heteroatoms. The topological polar surface area (TPSA) is 136 Å². The van der Waals surface area contributed by atoms with Gasteiger partial charge in [-0.15, -0.1) is 0 Å². The lowest BCUT2D eigenvalue weighted by atomic mass is 9.98. The first-order chi connectivity index (χ1) is 13.9. The molecule has 1 amide bonds. The Balaban J connectivity index is 1.53. The van der Waals surface area contributed by atoms with Crippen molar-refractivity contribution in [2.24, 2.45) is 0 Å². The molecule has 1 aliphatic carbocycles. The molecule has 2 unspecified atom stereocenters. The first kappa shape index (κ1) is 19.7. The van der Waals surface area contributed by atoms with Gasteiger partial charge in [0.2, 0.25) is 10.0 Å². The second kappa shape index (κ2) is 7.69. The summed E-state index contributed by atoms with van der Waals surface area (Å²) < 4.78 is 44.6. The Morgan fingerprint density at radius 1 is 1.14 bits per heavy atom. The van der Waals surface area contributed by atoms with Crippen LogP contribution in [0.15, 0.2) is 53.7 Å². The third-order valence-corrected chi connectivity index (χ3v) is 6.50. The van der Waals surface area contributed by atoms with Crippen LogP contribution in [0.4, 0.5) is 0 Å². The van der Waals surface area contributed by atoms with E-state index in [1.807, 2.05) is 0 Å². The van der Waals surface area contributed by atoms with E-state index in [0.717, 1.165) is 0 Å². The molecular weight excluding hydrogens is 402 g/mol. The maximum absolute atomic E-state index is 12.9. The number of nitrogens with zero attached hydrogens (tertiary/aromatic N) is 1. The smallest absolute Gasteiger partial charge is 0.264 e. The molecule has 29 heavy (non-hydrogen) atoms. The molecule has 2 atom stereocenters. The molecule has 0 bridgehead atoms. The van der Waals surface area contributed by atoms with Gasteiger partial charge < -0.3 is 14.2 Å². The summed E-state index contributed by atoms with van der Waals surface area (Å²) in [5.41, 5.74) is -0.0306. The van der Waals surface area contributed by atoms with Crippen LogP contribution >= 0.6 is 0 Å². The van der Waals surface area contributed by atoms with E-state index in [2.05, 4.69) is 9.71 Å². The van der Waals surface area contributed by atoms with Crippen LogP contribution in [-0.2, 0) is 24.3 Å². The number of hydroxylamine groups is 1. The van der Waals surface area contributed by atoms with Crippen LogP contribution in [0.5, 0.6) is 11.5 Å². The molecule has 1 saturated heterocycles. The van der Waals surface area contributed by atoms with Gasteiger partial charge in [0.15, 0.2) is 0 Å². The second-order valence-electron chi connectivity index (χ2n) is 6.83. The lowest BCUT2D eigenvalue weighted by Gasteiger charge is -2.28. The van der Waals surface area contributed by atoms with Crippen molar-refractivity contribution in [2.75, 3.05) is 6.79 Å². The molecule has 2 aromatic rings. The standard InChI is InChI=1S/C18H19N3O7S/c22-17(20-23)18(8-15-16(9-18)27-11-26-15)21-29(24,25)14-5-3-12(4-6-14)28-13-2-1-7-19-10-13/h1-7,10,15-16,21,23H,8-9,11H2,(H,20,22). The molecule has 4 rings (SSSR count). The fraction of sp³-hybridized carbons (Fsp3) is 0.333. The van der Waals surface area contributed by atoms with Gasteiger partial charge in [-0.25, -0.2) is 13.9 Å². The van der Waals surface area contributed by atoms with E-state index in [9.17, 15) is 13.2 Å². The second-order valence-corrected chi connectivity index (χ2v) is 8.51. The monoisotopic (exact) mass is 421 g/mol. The summed E-state index contributed by atoms with van der Waals surface area (Å²) >= 11 is 0. The quantitative estimate of drug-likeness (QED) is 0.463. The Morgan fingerprint density at radius 3 is 2.41 bits per heavy atom. The highest BCUT2D eigenvalue weighted by molar-refractivity contribution is 7.89. The number of ether oxygens (including phenoxy) is 3. The van der Waals surface area contributed by atoms with Gasteiger partial charge in [-0.05, 0) is 36.4 Å². The van der Waals surface area contributed by atoms with Crippen molar-refractivity contribution in [1.29, 1.82) is 0 Å². The summed E-state index contributed by atoms with van der Waals surface area (Å²) in [6.45, 7) is 0.0945. The van der Waals surface area contributed by atoms with Gasteiger partial charge >= 0.3 is 0 Å². The summed E-state index contributed by atoms with van der Waals surface area (Å²) in [5.74, 6) is 0.0773. The molecule has 1 saturated carbocycles. The van der Waals surface area contributed by atoms with Gasteiger partial charge in [0, 0.05) is 19.0 Å². The average Bonchev–Trinajstić information content (AvgIpc) is 3.28. The Labute approximate surface area is 166 Å². The highest BCUT2D eigenvalue weighted by Gasteiger charge is 2.55. The van der Waals surface area contributed by atoms with E-state index < -0.39 is 33.7 Å². The number of amides is 1. The Kier molecular flexibility index (Phi) is 5.23. The number of pyridine rings is 1. The Morgan fingerprint density at radius 2 is 1.83 bits per heavy atom. The first-order valence-electron chi connectivity index (χ1n) is 8.82. The summed E-state index contributed by atoms with van der Waals surface area (Å²) in [6.07, 6.45) is 2.39. The number of rotatable bonds is 6. The number of aromatic nitrogens is 1. The van der Waals surface area contributed by atoms with Crippen LogP contribution in [0.25, 0.3) is 0 Å². The van der Waals surface area contributed by atoms with E-state index in [1.165, 1.54) is 30.5 Å². The SMILES string of the molecule is O=C(NO)C1(NS(=O)(=O)c2ccc(Oc3cccnc3)cc2)CC2OCOC2C1. The molecule has 2 fully saturated rings. The third-order valence-electron chi connectivity index (χ3n) is 4.95. The predicted molar refractivity (Wildman–Crippen MR) is 97.6 cm³/mol. The highest BCUT2D eigenvalue weighted by Crippen LogP contribution is 2.38. The van der Waals surface area contributed by atoms with Crippen molar-refractivity contribution in [2.45, 2.75) is 35.5 Å². The van der Waals surface area contributed by atoms with Crippen LogP contribution in [-0.4, -0.2) is 49.1 Å². The minimum absolute atomic E-state index is 0.0471. The number of carbonyl (C=O) groups excluding carboxylic acids is 1. The van der Waals surface area contributed by atoms with Crippen LogP contribution in [0.2, 0.25) is 0 Å². The van der Waals surface area contributed by atoms with Crippen LogP contribution in [0.3, 0.4) is 0 Å². The Hall–Kier alpha value is -2.57. The minimum Gasteiger partial charge on any atom is -0.456 e. The summed E-state index contributed by atoms with van der Waals surface area (Å²) in [5, 5.41) is 9.13. The molecule has 2 heterocycles. The summed E-state index contributed by atoms with van der Waals surface area (Å²) in [7, 11) is -4.08. The first-order valence-corrected chi connectivity index (χ1v) is 10.3. The van der Waals surface area contributed by atoms with Crippen molar-refractivity contribution in [3.63, 3.8) is 0 Å². The third kappa shape index (κ3) is 3.95. The maximum Gasteiger partial charge on any atom is 0.264 e. The van der Waals surface area contributed by atoms with Crippen LogP contribution in [0.1, 0.15) is 12.8 Å². The predicted octanol–water partition coefficient (Wildman–Crippen LogP) is 0.932. The maximum atomic E-state index is 12.9. The van der Waals surface area contributed by atoms with Crippen LogP contribution in [0, 0.1) is 0 Å². The largest absolute Gasteiger partial charge is 0.456 e. The molecule has 0 spiro atoms. The number of sulfonamides is 1. The van der Waals surface area contributed by atoms with E-state index in [4.69, 9.17) is 19.4 Å². The van der Waals surface area contributed by atoms with E-state index in [1.54, 1.807) is 23.8 Å². The lowest BCUT2D eigenvalue weighted by molar-refractivity contribution is -0.136. The Bertz CT molecular complexity index is 970. The van der Waals surface area contributed by atoms with Gasteiger partial charge in [-0.3, -0.25) is 15.0 Å². The highest BCUT2D eigenvalue weighted by atomic mass is 32.2. The molecule has 3 N–H and O–H groups in total. The van der Waals surface area contributed by atoms with Gasteiger partial charge in [0.25, 0.3) is 5.91 Å². The van der Waals surface area contributed by atoms with Gasteiger partial charge in [0.1, 0.15) is 23.8 Å². The van der Waals surface area contributed by atoms with E-state index >= 15 is 0 Å². The molecular formula is C18H19N3O7S. The lowest BCUT2D eigenvalue weighted by Crippen LogP contribution is -2.57. The minimum atomic E-state index is -4.08. The van der Waals surface area contributed by atoms with Crippen molar-refractivity contribution in [3.05, 3.63) is 48.8 Å². The van der Waals surface area contributed by atoms with Gasteiger partial charge in [-0.1, -0.05) is 0 Å². The number of hydrogen-bond acceptors (Lipinski definition) is 8. The van der Waals surface area contributed by atoms with Crippen molar-refractivity contribution in [3.8, 4) is 11.5 Å². The normalized spacial score (nSPS) is 26.1. The number of nitrogens with one attached hydrogen (secondary N) is 2. The van der Waals surface area contributed by atoms with Crippen molar-refractivity contribution < 1.29 is 32.6 Å². The molecule has 10 nitrogen and oxygen atoms in total. The number of fused-ring (bicyclic) bond motifs is 1.